The van der Waals surface area contributed by atoms with Crippen LogP contribution in [-0.2, 0) is 9.59 Å². The Morgan fingerprint density at radius 2 is 1.88 bits per heavy atom. The summed E-state index contributed by atoms with van der Waals surface area (Å²) in [4.78, 5) is 46.1. The van der Waals surface area contributed by atoms with Crippen LogP contribution in [-0.4, -0.2) is 90.4 Å². The summed E-state index contributed by atoms with van der Waals surface area (Å²) in [7, 11) is 1.58. The predicted octanol–water partition coefficient (Wildman–Crippen LogP) is 1.50. The van der Waals surface area contributed by atoms with Crippen LogP contribution in [0.3, 0.4) is 0 Å². The molecule has 1 N–H and O–H groups in total. The van der Waals surface area contributed by atoms with Crippen molar-refractivity contribution in [1.29, 1.82) is 0 Å². The van der Waals surface area contributed by atoms with Gasteiger partial charge in [-0.25, -0.2) is 0 Å². The Morgan fingerprint density at radius 1 is 1.06 bits per heavy atom. The quantitative estimate of drug-likeness (QED) is 0.705. The van der Waals surface area contributed by atoms with Gasteiger partial charge in [-0.15, -0.1) is 0 Å². The molecule has 8 heteroatoms. The van der Waals surface area contributed by atoms with Crippen LogP contribution in [0.25, 0.3) is 0 Å². The molecule has 1 aromatic rings. The van der Waals surface area contributed by atoms with Crippen molar-refractivity contribution < 1.29 is 19.1 Å². The van der Waals surface area contributed by atoms with E-state index in [1.807, 2.05) is 9.80 Å². The maximum absolute atomic E-state index is 13.7. The van der Waals surface area contributed by atoms with Crippen molar-refractivity contribution in [2.24, 2.45) is 5.92 Å². The molecule has 4 aliphatic rings. The number of rotatable bonds is 6. The van der Waals surface area contributed by atoms with E-state index < -0.39 is 6.04 Å². The maximum Gasteiger partial charge on any atom is 0.254 e. The van der Waals surface area contributed by atoms with Crippen molar-refractivity contribution in [2.75, 3.05) is 39.8 Å². The summed E-state index contributed by atoms with van der Waals surface area (Å²) in [5.41, 5.74) is 0.511. The van der Waals surface area contributed by atoms with Crippen molar-refractivity contribution in [3.8, 4) is 5.75 Å². The minimum Gasteiger partial charge on any atom is -0.497 e. The highest BCUT2D eigenvalue weighted by Gasteiger charge is 2.49. The average molecular weight is 455 g/mol. The molecule has 2 aliphatic heterocycles. The molecule has 178 valence electrons. The van der Waals surface area contributed by atoms with Crippen LogP contribution in [0.2, 0.25) is 0 Å². The molecule has 0 radical (unpaired) electrons. The molecule has 2 saturated heterocycles. The number of nitrogens with one attached hydrogen (secondary N) is 1. The van der Waals surface area contributed by atoms with Gasteiger partial charge in [-0.1, -0.05) is 6.07 Å². The minimum atomic E-state index is -0.542. The third-order valence-electron chi connectivity index (χ3n) is 7.31. The Bertz CT molecular complexity index is 905. The molecule has 2 unspecified atom stereocenters. The van der Waals surface area contributed by atoms with E-state index in [2.05, 4.69) is 5.32 Å². The summed E-state index contributed by atoms with van der Waals surface area (Å²) in [5.74, 6) is 0.814. The first-order valence-corrected chi connectivity index (χ1v) is 12.3. The molecular weight excluding hydrogens is 420 g/mol. The molecule has 5 rings (SSSR count). The predicted molar refractivity (Wildman–Crippen MR) is 123 cm³/mol. The first-order chi connectivity index (χ1) is 16.1. The molecule has 0 spiro atoms. The number of carbonyl (C=O) groups excluding carboxylic acids is 3. The summed E-state index contributed by atoms with van der Waals surface area (Å²) in [6.45, 7) is 3.42. The fraction of sp³-hybridized carbons (Fsp3) is 0.640. The number of amides is 3. The van der Waals surface area contributed by atoms with Gasteiger partial charge in [0, 0.05) is 43.7 Å². The van der Waals surface area contributed by atoms with Gasteiger partial charge in [0.1, 0.15) is 11.8 Å². The molecule has 0 bridgehead atoms. The number of methoxy groups -OCH3 is 1. The number of carbonyl (C=O) groups is 3. The van der Waals surface area contributed by atoms with Gasteiger partial charge < -0.3 is 24.8 Å². The van der Waals surface area contributed by atoms with E-state index >= 15 is 0 Å². The maximum atomic E-state index is 13.7. The van der Waals surface area contributed by atoms with Crippen LogP contribution in [0, 0.1) is 5.92 Å². The van der Waals surface area contributed by atoms with Crippen LogP contribution in [0.5, 0.6) is 5.75 Å². The first-order valence-electron chi connectivity index (χ1n) is 12.3. The van der Waals surface area contributed by atoms with E-state index in [9.17, 15) is 14.4 Å². The monoisotopic (exact) mass is 454 g/mol. The van der Waals surface area contributed by atoms with Crippen molar-refractivity contribution >= 4 is 17.7 Å². The van der Waals surface area contributed by atoms with Crippen LogP contribution in [0.15, 0.2) is 24.3 Å². The lowest BCUT2D eigenvalue weighted by atomic mass is 10.1. The molecule has 2 heterocycles. The van der Waals surface area contributed by atoms with E-state index in [0.717, 1.165) is 45.2 Å². The SMILES string of the molecule is COc1cccc(C(=O)N2CC(N(C(=O)C3CC3)C3CC3)CC2C(=O)N2CCCNCC2)c1. The molecule has 2 aliphatic carbocycles. The second-order valence-electron chi connectivity index (χ2n) is 9.77. The molecule has 1 aromatic carbocycles. The van der Waals surface area contributed by atoms with E-state index in [-0.39, 0.29) is 35.7 Å². The highest BCUT2D eigenvalue weighted by molar-refractivity contribution is 5.98. The lowest BCUT2D eigenvalue weighted by Crippen LogP contribution is -2.48. The highest BCUT2D eigenvalue weighted by atomic mass is 16.5. The number of likely N-dealkylation sites (tertiary alicyclic amines) is 1. The Kier molecular flexibility index (Phi) is 6.27. The van der Waals surface area contributed by atoms with E-state index in [1.54, 1.807) is 36.3 Å². The first kappa shape index (κ1) is 22.2. The van der Waals surface area contributed by atoms with Gasteiger partial charge in [0.25, 0.3) is 5.91 Å². The Balaban J connectivity index is 1.41. The topological polar surface area (TPSA) is 82.2 Å². The summed E-state index contributed by atoms with van der Waals surface area (Å²) in [6, 6.07) is 6.72. The molecule has 2 atom stereocenters. The molecule has 0 aromatic heterocycles. The van der Waals surface area contributed by atoms with Crippen LogP contribution in [0.4, 0.5) is 0 Å². The molecule has 3 amide bonds. The summed E-state index contributed by atoms with van der Waals surface area (Å²) >= 11 is 0. The van der Waals surface area contributed by atoms with Crippen LogP contribution < -0.4 is 10.1 Å². The second kappa shape index (κ2) is 9.33. The zero-order valence-electron chi connectivity index (χ0n) is 19.4. The lowest BCUT2D eigenvalue weighted by Gasteiger charge is -2.29. The molecule has 2 saturated carbocycles. The number of benzene rings is 1. The number of hydrogen-bond donors (Lipinski definition) is 1. The van der Waals surface area contributed by atoms with E-state index in [4.69, 9.17) is 4.74 Å². The van der Waals surface area contributed by atoms with Gasteiger partial charge >= 0.3 is 0 Å². The largest absolute Gasteiger partial charge is 0.497 e. The van der Waals surface area contributed by atoms with E-state index in [1.165, 1.54) is 0 Å². The minimum absolute atomic E-state index is 0.00654. The standard InChI is InChI=1S/C25H34N4O4/c1-33-21-5-2-4-18(14-21)23(30)28-16-20(29(19-8-9-19)24(31)17-6-7-17)15-22(28)25(32)27-12-3-10-26-11-13-27/h2,4-5,14,17,19-20,22,26H,3,6-13,15-16H2,1H3. The summed E-state index contributed by atoms with van der Waals surface area (Å²) in [5, 5.41) is 3.34. The number of ether oxygens (including phenoxy) is 1. The van der Waals surface area contributed by atoms with Crippen molar-refractivity contribution in [1.82, 2.24) is 20.0 Å². The van der Waals surface area contributed by atoms with E-state index in [0.29, 0.717) is 37.4 Å². The third kappa shape index (κ3) is 4.71. The zero-order valence-corrected chi connectivity index (χ0v) is 19.4. The molecule has 8 nitrogen and oxygen atoms in total. The highest BCUT2D eigenvalue weighted by Crippen LogP contribution is 2.40. The van der Waals surface area contributed by atoms with Crippen molar-refractivity contribution in [3.63, 3.8) is 0 Å². The third-order valence-corrected chi connectivity index (χ3v) is 7.31. The van der Waals surface area contributed by atoms with Crippen molar-refractivity contribution in [2.45, 2.75) is 56.7 Å². The fourth-order valence-corrected chi connectivity index (χ4v) is 5.22. The summed E-state index contributed by atoms with van der Waals surface area (Å²) < 4.78 is 5.31. The Labute approximate surface area is 195 Å². The van der Waals surface area contributed by atoms with Crippen LogP contribution >= 0.6 is 0 Å². The molecule has 33 heavy (non-hydrogen) atoms. The van der Waals surface area contributed by atoms with Crippen molar-refractivity contribution in [3.05, 3.63) is 29.8 Å². The Morgan fingerprint density at radius 3 is 2.61 bits per heavy atom. The van der Waals surface area contributed by atoms with Gasteiger partial charge in [0.2, 0.25) is 11.8 Å². The normalized spacial score (nSPS) is 25.5. The second-order valence-corrected chi connectivity index (χ2v) is 9.77. The lowest BCUT2D eigenvalue weighted by molar-refractivity contribution is -0.137. The van der Waals surface area contributed by atoms with Gasteiger partial charge in [0.15, 0.2) is 0 Å². The van der Waals surface area contributed by atoms with Gasteiger partial charge in [0.05, 0.1) is 13.2 Å². The fourth-order valence-electron chi connectivity index (χ4n) is 5.22. The Hall–Kier alpha value is -2.61. The van der Waals surface area contributed by atoms with Crippen LogP contribution in [0.1, 0.15) is 48.9 Å². The zero-order chi connectivity index (χ0) is 22.9. The summed E-state index contributed by atoms with van der Waals surface area (Å²) in [6.07, 6.45) is 5.40. The number of hydrogen-bond acceptors (Lipinski definition) is 5. The van der Waals surface area contributed by atoms with Gasteiger partial charge in [-0.2, -0.15) is 0 Å². The smallest absolute Gasteiger partial charge is 0.254 e. The number of nitrogens with zero attached hydrogens (tertiary/aromatic N) is 3. The van der Waals surface area contributed by atoms with Gasteiger partial charge in [-0.3, -0.25) is 14.4 Å². The van der Waals surface area contributed by atoms with Gasteiger partial charge in [-0.05, 0) is 63.3 Å². The molecule has 4 fully saturated rings. The average Bonchev–Trinajstić information content (AvgIpc) is 3.74. The molecular formula is C25H34N4O4.